The van der Waals surface area contributed by atoms with Crippen LogP contribution in [0.4, 0.5) is 4.39 Å². The average Bonchev–Trinajstić information content (AvgIpc) is 2.85. The molecule has 0 bridgehead atoms. The number of hydrogen-bond donors (Lipinski definition) is 1. The van der Waals surface area contributed by atoms with Gasteiger partial charge in [-0.15, -0.1) is 0 Å². The topological polar surface area (TPSA) is 59.0 Å². The van der Waals surface area contributed by atoms with Crippen LogP contribution in [0.25, 0.3) is 0 Å². The Kier molecular flexibility index (Phi) is 3.59. The van der Waals surface area contributed by atoms with Gasteiger partial charge in [0.1, 0.15) is 18.2 Å². The quantitative estimate of drug-likeness (QED) is 0.940. The molecule has 0 fully saturated rings. The molecule has 0 aliphatic heterocycles. The first-order valence-corrected chi connectivity index (χ1v) is 6.86. The van der Waals surface area contributed by atoms with E-state index in [0.717, 1.165) is 18.6 Å². The Labute approximate surface area is 122 Å². The Morgan fingerprint density at radius 1 is 1.29 bits per heavy atom. The number of nitrogens with two attached hydrogens (primary N) is 1. The Hall–Kier alpha value is -2.38. The molecule has 0 spiro atoms. The first-order valence-electron chi connectivity index (χ1n) is 6.86. The normalized spacial score (nSPS) is 16.3. The van der Waals surface area contributed by atoms with Gasteiger partial charge in [0.15, 0.2) is 0 Å². The zero-order valence-electron chi connectivity index (χ0n) is 11.5. The first-order chi connectivity index (χ1) is 10.2. The molecule has 21 heavy (non-hydrogen) atoms. The maximum Gasteiger partial charge on any atom is 0.124 e. The van der Waals surface area contributed by atoms with Gasteiger partial charge in [-0.2, -0.15) is 5.26 Å². The Balaban J connectivity index is 1.74. The summed E-state index contributed by atoms with van der Waals surface area (Å²) in [6.45, 7) is 0.233. The number of fused-ring (bicyclic) bond motifs is 1. The second-order valence-electron chi connectivity index (χ2n) is 5.25. The van der Waals surface area contributed by atoms with Crippen LogP contribution in [0, 0.1) is 17.1 Å². The van der Waals surface area contributed by atoms with Crippen molar-refractivity contribution in [1.29, 1.82) is 5.26 Å². The number of rotatable bonds is 3. The molecular weight excluding hydrogens is 267 g/mol. The molecule has 3 rings (SSSR count). The van der Waals surface area contributed by atoms with E-state index in [0.29, 0.717) is 11.1 Å². The zero-order valence-corrected chi connectivity index (χ0v) is 11.5. The fraction of sp³-hybridized carbons (Fsp3) is 0.235. The van der Waals surface area contributed by atoms with E-state index in [1.807, 2.05) is 24.3 Å². The van der Waals surface area contributed by atoms with Crippen molar-refractivity contribution in [1.82, 2.24) is 0 Å². The summed E-state index contributed by atoms with van der Waals surface area (Å²) in [5.74, 6) is 0.318. The molecule has 4 heteroatoms. The second-order valence-corrected chi connectivity index (χ2v) is 5.25. The smallest absolute Gasteiger partial charge is 0.124 e. The number of benzene rings is 2. The fourth-order valence-corrected chi connectivity index (χ4v) is 2.68. The molecule has 1 unspecified atom stereocenters. The summed E-state index contributed by atoms with van der Waals surface area (Å²) < 4.78 is 19.0. The van der Waals surface area contributed by atoms with E-state index in [1.54, 1.807) is 6.07 Å². The molecule has 0 aromatic heterocycles. The minimum atomic E-state index is -0.424. The summed E-state index contributed by atoms with van der Waals surface area (Å²) in [6.07, 6.45) is 1.93. The van der Waals surface area contributed by atoms with Crippen molar-refractivity contribution in [2.75, 3.05) is 0 Å². The molecule has 2 N–H and O–H groups in total. The summed E-state index contributed by atoms with van der Waals surface area (Å²) in [6, 6.07) is 12.1. The molecule has 0 saturated carbocycles. The fourth-order valence-electron chi connectivity index (χ4n) is 2.68. The summed E-state index contributed by atoms with van der Waals surface area (Å²) >= 11 is 0. The zero-order chi connectivity index (χ0) is 14.8. The summed E-state index contributed by atoms with van der Waals surface area (Å²) in [7, 11) is 0. The van der Waals surface area contributed by atoms with Crippen LogP contribution in [-0.2, 0) is 13.0 Å². The van der Waals surface area contributed by atoms with E-state index in [1.165, 1.54) is 23.3 Å². The minimum absolute atomic E-state index is 0.121. The van der Waals surface area contributed by atoms with Gasteiger partial charge in [0.2, 0.25) is 0 Å². The van der Waals surface area contributed by atoms with E-state index in [-0.39, 0.29) is 12.6 Å². The van der Waals surface area contributed by atoms with Gasteiger partial charge in [0, 0.05) is 6.04 Å². The van der Waals surface area contributed by atoms with Crippen molar-refractivity contribution < 1.29 is 9.13 Å². The lowest BCUT2D eigenvalue weighted by Crippen LogP contribution is -2.05. The van der Waals surface area contributed by atoms with Gasteiger partial charge in [-0.1, -0.05) is 6.07 Å². The average molecular weight is 282 g/mol. The van der Waals surface area contributed by atoms with Crippen LogP contribution in [0.15, 0.2) is 36.4 Å². The van der Waals surface area contributed by atoms with Gasteiger partial charge in [-0.25, -0.2) is 4.39 Å². The molecule has 0 saturated heterocycles. The molecule has 2 aromatic carbocycles. The molecule has 1 atom stereocenters. The molecule has 1 aliphatic rings. The highest BCUT2D eigenvalue weighted by Crippen LogP contribution is 2.32. The van der Waals surface area contributed by atoms with Crippen LogP contribution in [0.3, 0.4) is 0 Å². The first kappa shape index (κ1) is 13.6. The monoisotopic (exact) mass is 282 g/mol. The van der Waals surface area contributed by atoms with Gasteiger partial charge in [0.05, 0.1) is 11.6 Å². The number of ether oxygens (including phenoxy) is 1. The number of nitriles is 1. The third-order valence-corrected chi connectivity index (χ3v) is 3.73. The summed E-state index contributed by atoms with van der Waals surface area (Å²) in [5.41, 5.74) is 9.34. The van der Waals surface area contributed by atoms with Gasteiger partial charge >= 0.3 is 0 Å². The molecule has 0 amide bonds. The third kappa shape index (κ3) is 2.88. The number of nitrogens with zero attached hydrogens (tertiary/aromatic N) is 1. The van der Waals surface area contributed by atoms with Crippen molar-refractivity contribution in [2.24, 2.45) is 5.73 Å². The van der Waals surface area contributed by atoms with Crippen LogP contribution in [0.5, 0.6) is 5.75 Å². The minimum Gasteiger partial charge on any atom is -0.489 e. The maximum absolute atomic E-state index is 13.3. The molecule has 2 aromatic rings. The highest BCUT2D eigenvalue weighted by Gasteiger charge is 2.19. The van der Waals surface area contributed by atoms with Crippen molar-refractivity contribution in [3.8, 4) is 11.8 Å². The molecule has 106 valence electrons. The summed E-state index contributed by atoms with van der Waals surface area (Å²) in [5, 5.41) is 8.83. The molecule has 1 aliphatic carbocycles. The highest BCUT2D eigenvalue weighted by molar-refractivity contribution is 5.40. The largest absolute Gasteiger partial charge is 0.489 e. The van der Waals surface area contributed by atoms with Crippen LogP contribution in [0.2, 0.25) is 0 Å². The maximum atomic E-state index is 13.3. The number of halogens is 1. The number of aryl methyl sites for hydroxylation is 1. The van der Waals surface area contributed by atoms with Crippen molar-refractivity contribution >= 4 is 0 Å². The van der Waals surface area contributed by atoms with Gasteiger partial charge in [-0.05, 0) is 59.9 Å². The van der Waals surface area contributed by atoms with Crippen LogP contribution in [-0.4, -0.2) is 0 Å². The van der Waals surface area contributed by atoms with Crippen LogP contribution in [0.1, 0.15) is 34.7 Å². The van der Waals surface area contributed by atoms with E-state index in [4.69, 9.17) is 15.7 Å². The highest BCUT2D eigenvalue weighted by atomic mass is 19.1. The van der Waals surface area contributed by atoms with E-state index < -0.39 is 5.82 Å². The standard InChI is InChI=1S/C17H15FN2O/c18-14-6-11(9-19)5-12(7-14)10-21-15-2-3-16-13(8-15)1-4-17(16)20/h2-3,5-8,17H,1,4,10,20H2. The van der Waals surface area contributed by atoms with Crippen molar-refractivity contribution in [2.45, 2.75) is 25.5 Å². The van der Waals surface area contributed by atoms with Crippen LogP contribution < -0.4 is 10.5 Å². The van der Waals surface area contributed by atoms with Crippen molar-refractivity contribution in [3.05, 3.63) is 64.5 Å². The molecule has 0 radical (unpaired) electrons. The van der Waals surface area contributed by atoms with E-state index >= 15 is 0 Å². The Bertz CT molecular complexity index is 721. The number of hydrogen-bond acceptors (Lipinski definition) is 3. The lowest BCUT2D eigenvalue weighted by molar-refractivity contribution is 0.305. The molecular formula is C17H15FN2O. The van der Waals surface area contributed by atoms with E-state index in [9.17, 15) is 4.39 Å². The summed E-state index contributed by atoms with van der Waals surface area (Å²) in [4.78, 5) is 0. The van der Waals surface area contributed by atoms with E-state index in [2.05, 4.69) is 0 Å². The lowest BCUT2D eigenvalue weighted by atomic mass is 10.1. The third-order valence-electron chi connectivity index (χ3n) is 3.73. The van der Waals surface area contributed by atoms with Gasteiger partial charge in [0.25, 0.3) is 0 Å². The lowest BCUT2D eigenvalue weighted by Gasteiger charge is -2.10. The second kappa shape index (κ2) is 5.55. The van der Waals surface area contributed by atoms with Gasteiger partial charge < -0.3 is 10.5 Å². The predicted molar refractivity (Wildman–Crippen MR) is 77.1 cm³/mol. The Morgan fingerprint density at radius 2 is 2.14 bits per heavy atom. The molecule has 3 nitrogen and oxygen atoms in total. The SMILES string of the molecule is N#Cc1cc(F)cc(COc2ccc3c(c2)CCC3N)c1. The van der Waals surface area contributed by atoms with Crippen molar-refractivity contribution in [3.63, 3.8) is 0 Å². The van der Waals surface area contributed by atoms with Crippen LogP contribution >= 0.6 is 0 Å². The predicted octanol–water partition coefficient (Wildman–Crippen LogP) is 3.22. The molecule has 0 heterocycles. The Morgan fingerprint density at radius 3 is 2.95 bits per heavy atom. The van der Waals surface area contributed by atoms with Gasteiger partial charge in [-0.3, -0.25) is 0 Å².